The van der Waals surface area contributed by atoms with Crippen molar-refractivity contribution in [2.75, 3.05) is 39.8 Å². The van der Waals surface area contributed by atoms with Crippen molar-refractivity contribution in [3.05, 3.63) is 29.0 Å². The van der Waals surface area contributed by atoms with Crippen molar-refractivity contribution in [3.8, 4) is 0 Å². The van der Waals surface area contributed by atoms with Crippen molar-refractivity contribution < 1.29 is 0 Å². The highest BCUT2D eigenvalue weighted by molar-refractivity contribution is 6.29. The first-order valence-corrected chi connectivity index (χ1v) is 9.32. The van der Waals surface area contributed by atoms with Gasteiger partial charge in [0.25, 0.3) is 0 Å². The number of nitrogens with one attached hydrogen (secondary N) is 2. The van der Waals surface area contributed by atoms with E-state index in [2.05, 4.69) is 32.4 Å². The van der Waals surface area contributed by atoms with Gasteiger partial charge in [-0.25, -0.2) is 4.98 Å². The number of aliphatic imine (C=N–C) groups is 1. The van der Waals surface area contributed by atoms with E-state index in [-0.39, 0.29) is 0 Å². The summed E-state index contributed by atoms with van der Waals surface area (Å²) >= 11 is 5.79. The Labute approximate surface area is 150 Å². The number of hydrogen-bond donors (Lipinski definition) is 2. The van der Waals surface area contributed by atoms with E-state index in [0.29, 0.717) is 5.15 Å². The molecule has 1 fully saturated rings. The van der Waals surface area contributed by atoms with Crippen LogP contribution in [0.15, 0.2) is 23.3 Å². The number of halogens is 1. The van der Waals surface area contributed by atoms with Gasteiger partial charge in [-0.15, -0.1) is 0 Å². The SMILES string of the molecule is CN=C(NCCCN1CCC(C)CC1)NCCc1ccc(Cl)nc1. The van der Waals surface area contributed by atoms with Gasteiger partial charge in [0.15, 0.2) is 5.96 Å². The van der Waals surface area contributed by atoms with Gasteiger partial charge in [-0.05, 0) is 62.9 Å². The van der Waals surface area contributed by atoms with Crippen molar-refractivity contribution in [1.29, 1.82) is 0 Å². The standard InChI is InChI=1S/C18H30ClN5/c1-15-7-12-24(13-8-15)11-3-9-21-18(20-2)22-10-6-16-4-5-17(19)23-14-16/h4-5,14-15H,3,6-13H2,1-2H3,(H2,20,21,22). The van der Waals surface area contributed by atoms with Crippen LogP contribution in [0, 0.1) is 5.92 Å². The van der Waals surface area contributed by atoms with E-state index >= 15 is 0 Å². The van der Waals surface area contributed by atoms with E-state index in [1.54, 1.807) is 0 Å². The van der Waals surface area contributed by atoms with Crippen LogP contribution >= 0.6 is 11.6 Å². The van der Waals surface area contributed by atoms with Gasteiger partial charge in [-0.2, -0.15) is 0 Å². The number of hydrogen-bond acceptors (Lipinski definition) is 3. The second kappa shape index (κ2) is 10.5. The highest BCUT2D eigenvalue weighted by Gasteiger charge is 2.14. The minimum atomic E-state index is 0.535. The second-order valence-corrected chi connectivity index (χ2v) is 6.93. The molecule has 0 saturated carbocycles. The van der Waals surface area contributed by atoms with Crippen LogP contribution in [-0.4, -0.2) is 55.6 Å². The first-order valence-electron chi connectivity index (χ1n) is 8.94. The van der Waals surface area contributed by atoms with Crippen LogP contribution < -0.4 is 10.6 Å². The van der Waals surface area contributed by atoms with E-state index in [9.17, 15) is 0 Å². The maximum atomic E-state index is 5.79. The summed E-state index contributed by atoms with van der Waals surface area (Å²) in [6.45, 7) is 7.82. The zero-order chi connectivity index (χ0) is 17.2. The van der Waals surface area contributed by atoms with E-state index in [1.807, 2.05) is 25.4 Å². The minimum absolute atomic E-state index is 0.535. The van der Waals surface area contributed by atoms with Crippen LogP contribution in [0.5, 0.6) is 0 Å². The number of guanidine groups is 1. The first-order chi connectivity index (χ1) is 11.7. The lowest BCUT2D eigenvalue weighted by Gasteiger charge is -2.30. The van der Waals surface area contributed by atoms with Gasteiger partial charge < -0.3 is 15.5 Å². The third-order valence-corrected chi connectivity index (χ3v) is 4.76. The van der Waals surface area contributed by atoms with Gasteiger partial charge in [0, 0.05) is 26.3 Å². The van der Waals surface area contributed by atoms with Crippen molar-refractivity contribution in [3.63, 3.8) is 0 Å². The van der Waals surface area contributed by atoms with Crippen LogP contribution in [0.2, 0.25) is 5.15 Å². The summed E-state index contributed by atoms with van der Waals surface area (Å²) in [5.41, 5.74) is 1.17. The molecule has 24 heavy (non-hydrogen) atoms. The van der Waals surface area contributed by atoms with Crippen LogP contribution in [0.1, 0.15) is 31.7 Å². The lowest BCUT2D eigenvalue weighted by Crippen LogP contribution is -2.40. The zero-order valence-electron chi connectivity index (χ0n) is 14.9. The fourth-order valence-corrected chi connectivity index (χ4v) is 3.01. The lowest BCUT2D eigenvalue weighted by atomic mass is 9.99. The molecule has 0 spiro atoms. The van der Waals surface area contributed by atoms with Gasteiger partial charge in [-0.3, -0.25) is 4.99 Å². The average molecular weight is 352 g/mol. The Balaban J connectivity index is 1.56. The fourth-order valence-electron chi connectivity index (χ4n) is 2.90. The van der Waals surface area contributed by atoms with Gasteiger partial charge in [0.1, 0.15) is 5.15 Å². The van der Waals surface area contributed by atoms with Gasteiger partial charge in [0.05, 0.1) is 0 Å². The van der Waals surface area contributed by atoms with Gasteiger partial charge in [-0.1, -0.05) is 24.6 Å². The van der Waals surface area contributed by atoms with Crippen LogP contribution in [0.3, 0.4) is 0 Å². The molecule has 134 valence electrons. The molecule has 5 nitrogen and oxygen atoms in total. The van der Waals surface area contributed by atoms with Gasteiger partial charge >= 0.3 is 0 Å². The topological polar surface area (TPSA) is 52.6 Å². The molecule has 1 saturated heterocycles. The summed E-state index contributed by atoms with van der Waals surface area (Å²) in [7, 11) is 1.81. The fraction of sp³-hybridized carbons (Fsp3) is 0.667. The lowest BCUT2D eigenvalue weighted by molar-refractivity contribution is 0.191. The van der Waals surface area contributed by atoms with Gasteiger partial charge in [0.2, 0.25) is 0 Å². The maximum Gasteiger partial charge on any atom is 0.190 e. The Hall–Kier alpha value is -1.33. The summed E-state index contributed by atoms with van der Waals surface area (Å²) in [6, 6.07) is 3.83. The molecule has 2 N–H and O–H groups in total. The number of aromatic nitrogens is 1. The van der Waals surface area contributed by atoms with E-state index in [0.717, 1.165) is 37.8 Å². The second-order valence-electron chi connectivity index (χ2n) is 6.54. The number of piperidine rings is 1. The molecule has 6 heteroatoms. The van der Waals surface area contributed by atoms with E-state index in [4.69, 9.17) is 11.6 Å². The smallest absolute Gasteiger partial charge is 0.190 e. The molecule has 2 heterocycles. The van der Waals surface area contributed by atoms with Crippen LogP contribution in [0.4, 0.5) is 0 Å². The summed E-state index contributed by atoms with van der Waals surface area (Å²) in [4.78, 5) is 10.9. The molecule has 0 amide bonds. The Bertz CT molecular complexity index is 495. The molecule has 2 rings (SSSR count). The van der Waals surface area contributed by atoms with Crippen LogP contribution in [-0.2, 0) is 6.42 Å². The van der Waals surface area contributed by atoms with Crippen molar-refractivity contribution in [2.24, 2.45) is 10.9 Å². The molecule has 0 aliphatic carbocycles. The van der Waals surface area contributed by atoms with Crippen molar-refractivity contribution in [1.82, 2.24) is 20.5 Å². The summed E-state index contributed by atoms with van der Waals surface area (Å²) in [6.07, 6.45) is 6.55. The third kappa shape index (κ3) is 7.05. The average Bonchev–Trinajstić information content (AvgIpc) is 2.60. The van der Waals surface area contributed by atoms with Crippen LogP contribution in [0.25, 0.3) is 0 Å². The molecule has 0 unspecified atom stereocenters. The molecule has 0 atom stereocenters. The predicted octanol–water partition coefficient (Wildman–Crippen LogP) is 2.56. The molecular formula is C18H30ClN5. The monoisotopic (exact) mass is 351 g/mol. The number of rotatable bonds is 7. The van der Waals surface area contributed by atoms with E-state index in [1.165, 1.54) is 38.0 Å². The Morgan fingerprint density at radius 1 is 1.29 bits per heavy atom. The Morgan fingerprint density at radius 3 is 2.71 bits per heavy atom. The molecule has 1 aromatic rings. The maximum absolute atomic E-state index is 5.79. The molecule has 0 bridgehead atoms. The highest BCUT2D eigenvalue weighted by atomic mass is 35.5. The predicted molar refractivity (Wildman–Crippen MR) is 102 cm³/mol. The number of pyridine rings is 1. The third-order valence-electron chi connectivity index (χ3n) is 4.54. The molecule has 1 aliphatic rings. The highest BCUT2D eigenvalue weighted by Crippen LogP contribution is 2.15. The molecule has 0 radical (unpaired) electrons. The van der Waals surface area contributed by atoms with E-state index < -0.39 is 0 Å². The molecule has 0 aromatic carbocycles. The van der Waals surface area contributed by atoms with Crippen molar-refractivity contribution in [2.45, 2.75) is 32.6 Å². The Kier molecular flexibility index (Phi) is 8.33. The zero-order valence-corrected chi connectivity index (χ0v) is 15.6. The molecular weight excluding hydrogens is 322 g/mol. The first kappa shape index (κ1) is 19.0. The Morgan fingerprint density at radius 2 is 2.04 bits per heavy atom. The minimum Gasteiger partial charge on any atom is -0.356 e. The van der Waals surface area contributed by atoms with Crippen molar-refractivity contribution >= 4 is 17.6 Å². The summed E-state index contributed by atoms with van der Waals surface area (Å²) in [5, 5.41) is 7.26. The normalized spacial score (nSPS) is 17.0. The molecule has 1 aromatic heterocycles. The largest absolute Gasteiger partial charge is 0.356 e. The quantitative estimate of drug-likeness (QED) is 0.343. The summed E-state index contributed by atoms with van der Waals surface area (Å²) in [5.74, 6) is 1.77. The molecule has 1 aliphatic heterocycles. The summed E-state index contributed by atoms with van der Waals surface area (Å²) < 4.78 is 0. The number of nitrogens with zero attached hydrogens (tertiary/aromatic N) is 3. The number of likely N-dealkylation sites (tertiary alicyclic amines) is 1.